The van der Waals surface area contributed by atoms with Gasteiger partial charge in [0.05, 0.1) is 0 Å². The molecule has 58 valence electrons. The molecule has 2 aliphatic carbocycles. The van der Waals surface area contributed by atoms with E-state index >= 15 is 0 Å². The predicted molar refractivity (Wildman–Crippen MR) is 40.6 cm³/mol. The fraction of sp³-hybridized carbons (Fsp3) is 1.00. The van der Waals surface area contributed by atoms with E-state index in [0.29, 0.717) is 12.5 Å². The van der Waals surface area contributed by atoms with Gasteiger partial charge in [0, 0.05) is 6.61 Å². The van der Waals surface area contributed by atoms with Crippen LogP contribution in [0.15, 0.2) is 0 Å². The topological polar surface area (TPSA) is 20.2 Å². The molecular formula is C9H16O. The summed E-state index contributed by atoms with van der Waals surface area (Å²) in [7, 11) is 0. The summed E-state index contributed by atoms with van der Waals surface area (Å²) < 4.78 is 0. The Morgan fingerprint density at radius 2 is 1.60 bits per heavy atom. The van der Waals surface area contributed by atoms with Crippen molar-refractivity contribution in [3.8, 4) is 0 Å². The van der Waals surface area contributed by atoms with Gasteiger partial charge in [-0.25, -0.2) is 0 Å². The highest BCUT2D eigenvalue weighted by molar-refractivity contribution is 4.88. The minimum absolute atomic E-state index is 0.454. The first-order valence-corrected chi connectivity index (χ1v) is 4.52. The summed E-state index contributed by atoms with van der Waals surface area (Å²) in [5.74, 6) is 2.47. The normalized spacial score (nSPS) is 45.9. The van der Waals surface area contributed by atoms with E-state index in [1.165, 1.54) is 32.1 Å². The number of hydrogen-bond donors (Lipinski definition) is 1. The molecule has 0 spiro atoms. The lowest BCUT2D eigenvalue weighted by Crippen LogP contribution is -2.23. The molecule has 0 saturated heterocycles. The Morgan fingerprint density at radius 3 is 2.00 bits per heavy atom. The number of rotatable bonds is 1. The van der Waals surface area contributed by atoms with Gasteiger partial charge in [0.1, 0.15) is 0 Å². The number of fused-ring (bicyclic) bond motifs is 2. The van der Waals surface area contributed by atoms with Crippen molar-refractivity contribution < 1.29 is 5.11 Å². The van der Waals surface area contributed by atoms with Gasteiger partial charge in [0.2, 0.25) is 0 Å². The van der Waals surface area contributed by atoms with Crippen LogP contribution in [-0.4, -0.2) is 11.7 Å². The molecule has 0 heterocycles. The van der Waals surface area contributed by atoms with Crippen LogP contribution in [0.1, 0.15) is 32.1 Å². The van der Waals surface area contributed by atoms with E-state index in [2.05, 4.69) is 0 Å². The Balaban J connectivity index is 2.06. The summed E-state index contributed by atoms with van der Waals surface area (Å²) in [5, 5.41) is 9.07. The standard InChI is InChI=1S/C9H16O/c10-6-9-7-2-1-3-8(9)5-4-7/h7-10H,1-6H2. The Morgan fingerprint density at radius 1 is 1.00 bits per heavy atom. The summed E-state index contributed by atoms with van der Waals surface area (Å²) in [5.41, 5.74) is 0. The fourth-order valence-electron chi connectivity index (χ4n) is 2.90. The van der Waals surface area contributed by atoms with E-state index in [1.807, 2.05) is 0 Å². The van der Waals surface area contributed by atoms with Crippen LogP contribution in [0.2, 0.25) is 0 Å². The minimum atomic E-state index is 0.454. The molecule has 1 heteroatoms. The van der Waals surface area contributed by atoms with Gasteiger partial charge in [-0.3, -0.25) is 0 Å². The molecule has 0 aromatic carbocycles. The van der Waals surface area contributed by atoms with Crippen LogP contribution >= 0.6 is 0 Å². The van der Waals surface area contributed by atoms with Gasteiger partial charge in [-0.05, 0) is 30.6 Å². The van der Waals surface area contributed by atoms with Gasteiger partial charge in [0.15, 0.2) is 0 Å². The van der Waals surface area contributed by atoms with Gasteiger partial charge >= 0.3 is 0 Å². The maximum absolute atomic E-state index is 9.07. The van der Waals surface area contributed by atoms with Crippen molar-refractivity contribution in [2.24, 2.45) is 17.8 Å². The molecule has 0 radical (unpaired) electrons. The third kappa shape index (κ3) is 0.878. The first kappa shape index (κ1) is 6.66. The Labute approximate surface area is 62.4 Å². The van der Waals surface area contributed by atoms with Crippen LogP contribution in [0, 0.1) is 17.8 Å². The maximum Gasteiger partial charge on any atom is 0.0464 e. The molecule has 0 aromatic rings. The van der Waals surface area contributed by atoms with E-state index in [9.17, 15) is 0 Å². The van der Waals surface area contributed by atoms with Gasteiger partial charge in [-0.15, -0.1) is 0 Å². The average molecular weight is 140 g/mol. The average Bonchev–Trinajstić information content (AvgIpc) is 2.19. The van der Waals surface area contributed by atoms with Gasteiger partial charge in [-0.2, -0.15) is 0 Å². The molecule has 0 aromatic heterocycles. The summed E-state index contributed by atoms with van der Waals surface area (Å²) in [6, 6.07) is 0. The van der Waals surface area contributed by atoms with Crippen molar-refractivity contribution in [2.75, 3.05) is 6.61 Å². The molecular weight excluding hydrogens is 124 g/mol. The molecule has 2 unspecified atom stereocenters. The molecule has 0 aliphatic heterocycles. The van der Waals surface area contributed by atoms with Crippen LogP contribution in [0.4, 0.5) is 0 Å². The van der Waals surface area contributed by atoms with Crippen LogP contribution in [0.25, 0.3) is 0 Å². The minimum Gasteiger partial charge on any atom is -0.396 e. The summed E-state index contributed by atoms with van der Waals surface area (Å²) in [6.45, 7) is 0.454. The number of aliphatic hydroxyl groups excluding tert-OH is 1. The summed E-state index contributed by atoms with van der Waals surface area (Å²) >= 11 is 0. The van der Waals surface area contributed by atoms with Crippen LogP contribution in [-0.2, 0) is 0 Å². The van der Waals surface area contributed by atoms with Crippen molar-refractivity contribution in [2.45, 2.75) is 32.1 Å². The zero-order valence-electron chi connectivity index (χ0n) is 6.42. The van der Waals surface area contributed by atoms with E-state index in [1.54, 1.807) is 0 Å². The third-order valence-electron chi connectivity index (χ3n) is 3.48. The summed E-state index contributed by atoms with van der Waals surface area (Å²) in [4.78, 5) is 0. The van der Waals surface area contributed by atoms with Crippen molar-refractivity contribution >= 4 is 0 Å². The highest BCUT2D eigenvalue weighted by Gasteiger charge is 2.37. The molecule has 2 atom stereocenters. The largest absolute Gasteiger partial charge is 0.396 e. The van der Waals surface area contributed by atoms with E-state index < -0.39 is 0 Å². The Hall–Kier alpha value is -0.0400. The number of aliphatic hydroxyl groups is 1. The van der Waals surface area contributed by atoms with Gasteiger partial charge < -0.3 is 5.11 Å². The molecule has 1 nitrogen and oxygen atoms in total. The highest BCUT2D eigenvalue weighted by atomic mass is 16.3. The van der Waals surface area contributed by atoms with E-state index in [-0.39, 0.29) is 0 Å². The fourth-order valence-corrected chi connectivity index (χ4v) is 2.90. The molecule has 2 fully saturated rings. The third-order valence-corrected chi connectivity index (χ3v) is 3.48. The first-order valence-electron chi connectivity index (χ1n) is 4.52. The van der Waals surface area contributed by atoms with E-state index in [0.717, 1.165) is 11.8 Å². The van der Waals surface area contributed by atoms with Gasteiger partial charge in [0.25, 0.3) is 0 Å². The smallest absolute Gasteiger partial charge is 0.0464 e. The SMILES string of the molecule is OCC1C2CCCC1CC2. The molecule has 2 bridgehead atoms. The quantitative estimate of drug-likeness (QED) is 0.589. The van der Waals surface area contributed by atoms with Crippen molar-refractivity contribution in [1.29, 1.82) is 0 Å². The molecule has 2 saturated carbocycles. The van der Waals surface area contributed by atoms with Crippen molar-refractivity contribution in [3.63, 3.8) is 0 Å². The Kier molecular flexibility index (Phi) is 1.69. The monoisotopic (exact) mass is 140 g/mol. The lowest BCUT2D eigenvalue weighted by molar-refractivity contribution is 0.127. The second-order valence-corrected chi connectivity index (χ2v) is 3.87. The van der Waals surface area contributed by atoms with Crippen LogP contribution < -0.4 is 0 Å². The lowest BCUT2D eigenvalue weighted by atomic mass is 9.79. The van der Waals surface area contributed by atoms with Crippen molar-refractivity contribution in [3.05, 3.63) is 0 Å². The number of hydrogen-bond acceptors (Lipinski definition) is 1. The molecule has 2 rings (SSSR count). The second-order valence-electron chi connectivity index (χ2n) is 3.87. The zero-order valence-corrected chi connectivity index (χ0v) is 6.42. The lowest BCUT2D eigenvalue weighted by Gasteiger charge is -2.27. The van der Waals surface area contributed by atoms with Crippen LogP contribution in [0.3, 0.4) is 0 Å². The van der Waals surface area contributed by atoms with Crippen molar-refractivity contribution in [1.82, 2.24) is 0 Å². The summed E-state index contributed by atoms with van der Waals surface area (Å²) in [6.07, 6.45) is 7.00. The first-order chi connectivity index (χ1) is 4.92. The van der Waals surface area contributed by atoms with E-state index in [4.69, 9.17) is 5.11 Å². The molecule has 0 amide bonds. The van der Waals surface area contributed by atoms with Crippen LogP contribution in [0.5, 0.6) is 0 Å². The molecule has 2 aliphatic rings. The predicted octanol–water partition coefficient (Wildman–Crippen LogP) is 1.80. The second kappa shape index (κ2) is 2.54. The Bertz CT molecular complexity index is 106. The maximum atomic E-state index is 9.07. The highest BCUT2D eigenvalue weighted by Crippen LogP contribution is 2.46. The zero-order chi connectivity index (χ0) is 6.97. The molecule has 10 heavy (non-hydrogen) atoms. The molecule has 1 N–H and O–H groups in total. The van der Waals surface area contributed by atoms with Gasteiger partial charge in [-0.1, -0.05) is 19.3 Å².